The number of esters is 1. The van der Waals surface area contributed by atoms with E-state index in [-0.39, 0.29) is 11.3 Å². The summed E-state index contributed by atoms with van der Waals surface area (Å²) < 4.78 is 5.70. The summed E-state index contributed by atoms with van der Waals surface area (Å²) in [5.41, 5.74) is 5.59. The minimum Gasteiger partial charge on any atom is -0.452 e. The van der Waals surface area contributed by atoms with Gasteiger partial charge < -0.3 is 10.1 Å². The summed E-state index contributed by atoms with van der Waals surface area (Å²) in [6, 6.07) is 29.0. The molecule has 1 aliphatic rings. The summed E-state index contributed by atoms with van der Waals surface area (Å²) in [4.78, 5) is 31.8. The van der Waals surface area contributed by atoms with Crippen LogP contribution in [0.2, 0.25) is 5.02 Å². The van der Waals surface area contributed by atoms with Gasteiger partial charge in [0.05, 0.1) is 16.8 Å². The third-order valence-electron chi connectivity index (χ3n) is 8.22. The van der Waals surface area contributed by atoms with E-state index in [1.165, 1.54) is 0 Å². The first kappa shape index (κ1) is 28.6. The van der Waals surface area contributed by atoms with Gasteiger partial charge in [-0.15, -0.1) is 0 Å². The fourth-order valence-corrected chi connectivity index (χ4v) is 5.92. The molecule has 1 aromatic heterocycles. The van der Waals surface area contributed by atoms with E-state index < -0.39 is 18.5 Å². The van der Waals surface area contributed by atoms with Gasteiger partial charge in [0.15, 0.2) is 6.61 Å². The molecule has 1 amide bonds. The molecule has 0 aliphatic heterocycles. The molecular formula is C37H33ClN2O3. The van der Waals surface area contributed by atoms with E-state index in [0.29, 0.717) is 28.2 Å². The van der Waals surface area contributed by atoms with E-state index in [2.05, 4.69) is 32.2 Å². The highest BCUT2D eigenvalue weighted by Crippen LogP contribution is 2.45. The Morgan fingerprint density at radius 1 is 0.930 bits per heavy atom. The lowest BCUT2D eigenvalue weighted by Crippen LogP contribution is -2.29. The number of rotatable bonds is 5. The molecule has 1 aliphatic carbocycles. The molecule has 0 unspecified atom stereocenters. The molecule has 1 N–H and O–H groups in total. The first-order chi connectivity index (χ1) is 20.7. The first-order valence-corrected chi connectivity index (χ1v) is 14.9. The number of fused-ring (bicyclic) bond motifs is 3. The van der Waals surface area contributed by atoms with Gasteiger partial charge in [0.2, 0.25) is 0 Å². The number of carbonyl (C=O) groups is 2. The summed E-state index contributed by atoms with van der Waals surface area (Å²) in [6.45, 7) is 6.29. The number of aromatic nitrogens is 1. The lowest BCUT2D eigenvalue weighted by molar-refractivity contribution is -0.119. The van der Waals surface area contributed by atoms with Crippen molar-refractivity contribution in [3.05, 3.63) is 118 Å². The van der Waals surface area contributed by atoms with Gasteiger partial charge in [-0.2, -0.15) is 0 Å². The van der Waals surface area contributed by atoms with Gasteiger partial charge in [-0.1, -0.05) is 93.0 Å². The highest BCUT2D eigenvalue weighted by molar-refractivity contribution is 6.30. The quantitative estimate of drug-likeness (QED) is 0.208. The smallest absolute Gasteiger partial charge is 0.339 e. The number of hydrogen-bond acceptors (Lipinski definition) is 4. The van der Waals surface area contributed by atoms with Gasteiger partial charge in [0.25, 0.3) is 5.91 Å². The van der Waals surface area contributed by atoms with Crippen LogP contribution in [0, 0.1) is 11.3 Å². The molecule has 4 aromatic carbocycles. The topological polar surface area (TPSA) is 68.3 Å². The Labute approximate surface area is 256 Å². The van der Waals surface area contributed by atoms with Gasteiger partial charge in [-0.3, -0.25) is 4.79 Å². The molecule has 5 nitrogen and oxygen atoms in total. The number of benzene rings is 4. The van der Waals surface area contributed by atoms with Crippen LogP contribution in [-0.2, 0) is 16.0 Å². The molecule has 1 heterocycles. The van der Waals surface area contributed by atoms with E-state index in [0.717, 1.165) is 45.0 Å². The van der Waals surface area contributed by atoms with Crippen molar-refractivity contribution in [3.8, 4) is 0 Å². The highest BCUT2D eigenvalue weighted by atomic mass is 35.5. The second kappa shape index (κ2) is 11.7. The van der Waals surface area contributed by atoms with E-state index in [4.69, 9.17) is 21.3 Å². The van der Waals surface area contributed by atoms with Crippen LogP contribution >= 0.6 is 11.6 Å². The molecule has 0 saturated carbocycles. The van der Waals surface area contributed by atoms with Crippen molar-refractivity contribution in [2.75, 3.05) is 11.9 Å². The van der Waals surface area contributed by atoms with Crippen molar-refractivity contribution < 1.29 is 14.3 Å². The number of hydrogen-bond donors (Lipinski definition) is 1. The maximum absolute atomic E-state index is 13.9. The lowest BCUT2D eigenvalue weighted by Gasteiger charge is -2.36. The van der Waals surface area contributed by atoms with Crippen molar-refractivity contribution in [3.63, 3.8) is 0 Å². The lowest BCUT2D eigenvalue weighted by atomic mass is 9.69. The van der Waals surface area contributed by atoms with Gasteiger partial charge >= 0.3 is 5.97 Å². The number of pyridine rings is 1. The van der Waals surface area contributed by atoms with Crippen molar-refractivity contribution in [1.82, 2.24) is 4.98 Å². The van der Waals surface area contributed by atoms with Gasteiger partial charge in [-0.25, -0.2) is 9.78 Å². The standard InChI is InChI=1S/C37H33ClN2O3/c1-37(2,3)27-19-26(18-23-12-15-28(38)16-13-23)35-31(21-27)34(30-10-6-7-11-32(30)40-35)36(42)43-22-33(41)39-29-17-14-24-8-4-5-9-25(24)20-29/h4-18,20,27H,19,21-22H2,1-3H3,(H,39,41)/b26-18+/t27-/m0/s1. The molecule has 6 rings (SSSR count). The SMILES string of the molecule is CC(C)(C)[C@H]1C/C(=C\c2ccc(Cl)cc2)c2nc3ccccc3c(C(=O)OCC(=O)Nc3ccc4ccccc4c3)c2C1. The van der Waals surface area contributed by atoms with Gasteiger partial charge in [-0.05, 0) is 88.1 Å². The second-order valence-electron chi connectivity index (χ2n) is 12.2. The molecule has 0 saturated heterocycles. The summed E-state index contributed by atoms with van der Waals surface area (Å²) >= 11 is 6.15. The summed E-state index contributed by atoms with van der Waals surface area (Å²) in [5, 5.41) is 6.36. The van der Waals surface area contributed by atoms with Crippen LogP contribution in [0.3, 0.4) is 0 Å². The zero-order valence-electron chi connectivity index (χ0n) is 24.5. The van der Waals surface area contributed by atoms with Gasteiger partial charge in [0.1, 0.15) is 0 Å². The fraction of sp³-hybridized carbons (Fsp3) is 0.216. The molecule has 216 valence electrons. The van der Waals surface area contributed by atoms with Crippen molar-refractivity contribution >= 4 is 62.5 Å². The third-order valence-corrected chi connectivity index (χ3v) is 8.47. The molecule has 5 aromatic rings. The maximum atomic E-state index is 13.9. The Bertz CT molecular complexity index is 1890. The van der Waals surface area contributed by atoms with Crippen LogP contribution in [0.4, 0.5) is 5.69 Å². The number of amides is 1. The van der Waals surface area contributed by atoms with Crippen LogP contribution in [-0.4, -0.2) is 23.5 Å². The number of para-hydroxylation sites is 1. The third kappa shape index (κ3) is 6.18. The summed E-state index contributed by atoms with van der Waals surface area (Å²) in [6.07, 6.45) is 3.65. The summed E-state index contributed by atoms with van der Waals surface area (Å²) in [7, 11) is 0. The molecule has 0 bridgehead atoms. The van der Waals surface area contributed by atoms with Crippen molar-refractivity contribution in [1.29, 1.82) is 0 Å². The van der Waals surface area contributed by atoms with E-state index in [1.54, 1.807) is 0 Å². The number of ether oxygens (including phenoxy) is 1. The largest absolute Gasteiger partial charge is 0.452 e. The Morgan fingerprint density at radius 3 is 2.42 bits per heavy atom. The Morgan fingerprint density at radius 2 is 1.65 bits per heavy atom. The van der Waals surface area contributed by atoms with Crippen LogP contribution in [0.1, 0.15) is 54.4 Å². The van der Waals surface area contributed by atoms with Gasteiger partial charge in [0, 0.05) is 16.1 Å². The number of nitrogens with one attached hydrogen (secondary N) is 1. The van der Waals surface area contributed by atoms with Crippen molar-refractivity contribution in [2.24, 2.45) is 11.3 Å². The zero-order chi connectivity index (χ0) is 30.1. The second-order valence-corrected chi connectivity index (χ2v) is 12.6. The predicted molar refractivity (Wildman–Crippen MR) is 175 cm³/mol. The predicted octanol–water partition coefficient (Wildman–Crippen LogP) is 8.99. The normalized spacial score (nSPS) is 15.8. The zero-order valence-corrected chi connectivity index (χ0v) is 25.2. The van der Waals surface area contributed by atoms with E-state index >= 15 is 0 Å². The number of allylic oxidation sites excluding steroid dienone is 1. The van der Waals surface area contributed by atoms with Crippen molar-refractivity contribution in [2.45, 2.75) is 33.6 Å². The van der Waals surface area contributed by atoms with E-state index in [9.17, 15) is 9.59 Å². The number of carbonyl (C=O) groups excluding carboxylic acids is 2. The Kier molecular flexibility index (Phi) is 7.76. The average molecular weight is 589 g/mol. The minimum absolute atomic E-state index is 0.0106. The number of anilines is 1. The molecule has 0 spiro atoms. The van der Waals surface area contributed by atoms with Crippen LogP contribution in [0.15, 0.2) is 91.0 Å². The van der Waals surface area contributed by atoms with Crippen LogP contribution in [0.5, 0.6) is 0 Å². The molecule has 6 heteroatoms. The molecule has 0 radical (unpaired) electrons. The number of nitrogens with zero attached hydrogens (tertiary/aromatic N) is 1. The minimum atomic E-state index is -0.524. The van der Waals surface area contributed by atoms with Crippen LogP contribution < -0.4 is 5.32 Å². The van der Waals surface area contributed by atoms with E-state index in [1.807, 2.05) is 91.0 Å². The Hall–Kier alpha value is -4.48. The maximum Gasteiger partial charge on any atom is 0.339 e. The summed E-state index contributed by atoms with van der Waals surface area (Å²) in [5.74, 6) is -0.653. The number of halogens is 1. The highest BCUT2D eigenvalue weighted by Gasteiger charge is 2.35. The fourth-order valence-electron chi connectivity index (χ4n) is 5.80. The Balaban J connectivity index is 1.34. The average Bonchev–Trinajstić information content (AvgIpc) is 2.99. The first-order valence-electron chi connectivity index (χ1n) is 14.5. The monoisotopic (exact) mass is 588 g/mol. The molecule has 43 heavy (non-hydrogen) atoms. The van der Waals surface area contributed by atoms with Crippen LogP contribution in [0.25, 0.3) is 33.3 Å². The molecule has 1 atom stereocenters. The molecular weight excluding hydrogens is 556 g/mol. The molecule has 0 fully saturated rings.